The molecule has 2 aromatic rings. The van der Waals surface area contributed by atoms with Crippen molar-refractivity contribution < 1.29 is 14.3 Å². The summed E-state index contributed by atoms with van der Waals surface area (Å²) in [7, 11) is 2.12. The monoisotopic (exact) mass is 386 g/mol. The Bertz CT molecular complexity index is 709. The van der Waals surface area contributed by atoms with E-state index in [1.807, 2.05) is 37.3 Å². The molecule has 1 aromatic carbocycles. The number of nitrogens with zero attached hydrogens (tertiary/aromatic N) is 1. The Morgan fingerprint density at radius 3 is 2.68 bits per heavy atom. The van der Waals surface area contributed by atoms with Gasteiger partial charge in [-0.2, -0.15) is 0 Å². The van der Waals surface area contributed by atoms with Gasteiger partial charge in [0.2, 0.25) is 0 Å². The summed E-state index contributed by atoms with van der Waals surface area (Å²) in [5.74, 6) is 2.68. The van der Waals surface area contributed by atoms with Crippen LogP contribution in [-0.4, -0.2) is 42.4 Å². The highest BCUT2D eigenvalue weighted by Crippen LogP contribution is 2.22. The van der Waals surface area contributed by atoms with Gasteiger partial charge < -0.3 is 24.5 Å². The van der Waals surface area contributed by atoms with E-state index in [0.29, 0.717) is 32.3 Å². The predicted octanol–water partition coefficient (Wildman–Crippen LogP) is 3.88. The number of rotatable bonds is 10. The van der Waals surface area contributed by atoms with Crippen LogP contribution in [-0.2, 0) is 13.1 Å². The molecule has 0 amide bonds. The molecule has 5 heteroatoms. The van der Waals surface area contributed by atoms with Crippen molar-refractivity contribution in [2.45, 2.75) is 64.3 Å². The molecule has 1 aromatic heterocycles. The van der Waals surface area contributed by atoms with Crippen LogP contribution in [0.3, 0.4) is 0 Å². The number of furan rings is 1. The zero-order chi connectivity index (χ0) is 19.8. The zero-order valence-electron chi connectivity index (χ0n) is 17.2. The lowest BCUT2D eigenvalue weighted by atomic mass is 9.94. The fraction of sp³-hybridized carbons (Fsp3) is 0.565. The molecule has 0 saturated heterocycles. The van der Waals surface area contributed by atoms with Crippen LogP contribution >= 0.6 is 0 Å². The highest BCUT2D eigenvalue weighted by molar-refractivity contribution is 5.33. The SMILES string of the molecule is Cc1ccc(CNCc2ccccc2OC[C@@H](O)CN(C)C2CCCCC2)o1. The van der Waals surface area contributed by atoms with Crippen molar-refractivity contribution in [2.24, 2.45) is 0 Å². The highest BCUT2D eigenvalue weighted by Gasteiger charge is 2.20. The minimum Gasteiger partial charge on any atom is -0.491 e. The third-order valence-electron chi connectivity index (χ3n) is 5.51. The number of nitrogens with one attached hydrogen (secondary N) is 1. The van der Waals surface area contributed by atoms with Gasteiger partial charge in [0.05, 0.1) is 6.54 Å². The second-order valence-electron chi connectivity index (χ2n) is 7.92. The molecular weight excluding hydrogens is 352 g/mol. The number of aliphatic hydroxyl groups is 1. The zero-order valence-corrected chi connectivity index (χ0v) is 17.2. The smallest absolute Gasteiger partial charge is 0.123 e. The number of benzene rings is 1. The molecule has 0 bridgehead atoms. The summed E-state index contributed by atoms with van der Waals surface area (Å²) in [6.45, 7) is 4.28. The Morgan fingerprint density at radius 2 is 1.93 bits per heavy atom. The molecule has 0 aliphatic heterocycles. The number of hydrogen-bond donors (Lipinski definition) is 2. The summed E-state index contributed by atoms with van der Waals surface area (Å²) >= 11 is 0. The van der Waals surface area contributed by atoms with E-state index in [1.54, 1.807) is 0 Å². The maximum absolute atomic E-state index is 10.4. The van der Waals surface area contributed by atoms with Crippen LogP contribution in [0.2, 0.25) is 0 Å². The number of hydrogen-bond acceptors (Lipinski definition) is 5. The van der Waals surface area contributed by atoms with Crippen LogP contribution in [0.5, 0.6) is 5.75 Å². The van der Waals surface area contributed by atoms with Crippen molar-refractivity contribution in [3.05, 3.63) is 53.5 Å². The largest absolute Gasteiger partial charge is 0.491 e. The van der Waals surface area contributed by atoms with Crippen LogP contribution in [0.25, 0.3) is 0 Å². The second kappa shape index (κ2) is 10.6. The summed E-state index contributed by atoms with van der Waals surface area (Å²) in [6.07, 6.45) is 5.96. The van der Waals surface area contributed by atoms with Crippen LogP contribution in [0.4, 0.5) is 0 Å². The van der Waals surface area contributed by atoms with Gasteiger partial charge in [0, 0.05) is 24.7 Å². The molecule has 154 valence electrons. The van der Waals surface area contributed by atoms with E-state index in [1.165, 1.54) is 32.1 Å². The normalized spacial score (nSPS) is 16.4. The Labute approximate surface area is 168 Å². The summed E-state index contributed by atoms with van der Waals surface area (Å²) in [6, 6.07) is 12.6. The maximum Gasteiger partial charge on any atom is 0.123 e. The predicted molar refractivity (Wildman–Crippen MR) is 111 cm³/mol. The fourth-order valence-electron chi connectivity index (χ4n) is 3.93. The Morgan fingerprint density at radius 1 is 1.14 bits per heavy atom. The number of aliphatic hydroxyl groups excluding tert-OH is 1. The lowest BCUT2D eigenvalue weighted by Gasteiger charge is -2.32. The van der Waals surface area contributed by atoms with E-state index < -0.39 is 6.10 Å². The topological polar surface area (TPSA) is 57.9 Å². The summed E-state index contributed by atoms with van der Waals surface area (Å²) < 4.78 is 11.5. The van der Waals surface area contributed by atoms with Crippen LogP contribution in [0.1, 0.15) is 49.2 Å². The van der Waals surface area contributed by atoms with Gasteiger partial charge in [-0.05, 0) is 45.0 Å². The van der Waals surface area contributed by atoms with Gasteiger partial charge in [0.1, 0.15) is 30.0 Å². The molecule has 3 rings (SSSR count). The van der Waals surface area contributed by atoms with Gasteiger partial charge in [-0.25, -0.2) is 0 Å². The van der Waals surface area contributed by atoms with Gasteiger partial charge in [-0.3, -0.25) is 0 Å². The molecule has 1 aliphatic rings. The Balaban J connectivity index is 1.44. The number of para-hydroxylation sites is 1. The average molecular weight is 387 g/mol. The van der Waals surface area contributed by atoms with E-state index in [-0.39, 0.29) is 0 Å². The standard InChI is InChI=1S/C23H34N2O3/c1-18-12-13-22(28-18)15-24-14-19-8-6-7-11-23(19)27-17-21(26)16-25(2)20-9-4-3-5-10-20/h6-8,11-13,20-21,24,26H,3-5,9-10,14-17H2,1-2H3/t21-/m0/s1. The first-order valence-electron chi connectivity index (χ1n) is 10.5. The second-order valence-corrected chi connectivity index (χ2v) is 7.92. The third-order valence-corrected chi connectivity index (χ3v) is 5.51. The van der Waals surface area contributed by atoms with Gasteiger partial charge in [-0.15, -0.1) is 0 Å². The molecular formula is C23H34N2O3. The Hall–Kier alpha value is -1.82. The number of likely N-dealkylation sites (N-methyl/N-ethyl adjacent to an activating group) is 1. The summed E-state index contributed by atoms with van der Waals surface area (Å²) in [5.41, 5.74) is 1.08. The molecule has 28 heavy (non-hydrogen) atoms. The minimum absolute atomic E-state index is 0.311. The van der Waals surface area contributed by atoms with E-state index >= 15 is 0 Å². The van der Waals surface area contributed by atoms with E-state index in [2.05, 4.69) is 23.3 Å². The van der Waals surface area contributed by atoms with Crippen molar-refractivity contribution in [2.75, 3.05) is 20.2 Å². The van der Waals surface area contributed by atoms with Crippen molar-refractivity contribution in [1.29, 1.82) is 0 Å². The number of aryl methyl sites for hydroxylation is 1. The lowest BCUT2D eigenvalue weighted by Crippen LogP contribution is -2.40. The third kappa shape index (κ3) is 6.36. The van der Waals surface area contributed by atoms with E-state index in [0.717, 1.165) is 22.8 Å². The molecule has 1 atom stereocenters. The molecule has 5 nitrogen and oxygen atoms in total. The fourth-order valence-corrected chi connectivity index (χ4v) is 3.93. The quantitative estimate of drug-likeness (QED) is 0.649. The Kier molecular flexibility index (Phi) is 7.95. The van der Waals surface area contributed by atoms with Gasteiger partial charge in [-0.1, -0.05) is 37.5 Å². The molecule has 1 saturated carbocycles. The molecule has 1 heterocycles. The maximum atomic E-state index is 10.4. The average Bonchev–Trinajstić information content (AvgIpc) is 3.13. The lowest BCUT2D eigenvalue weighted by molar-refractivity contribution is 0.0558. The van der Waals surface area contributed by atoms with Crippen molar-refractivity contribution in [3.8, 4) is 5.75 Å². The first-order chi connectivity index (χ1) is 13.6. The van der Waals surface area contributed by atoms with Crippen molar-refractivity contribution in [1.82, 2.24) is 10.2 Å². The van der Waals surface area contributed by atoms with Crippen LogP contribution < -0.4 is 10.1 Å². The van der Waals surface area contributed by atoms with Gasteiger partial charge in [0.25, 0.3) is 0 Å². The van der Waals surface area contributed by atoms with Crippen molar-refractivity contribution in [3.63, 3.8) is 0 Å². The van der Waals surface area contributed by atoms with Crippen LogP contribution in [0.15, 0.2) is 40.8 Å². The summed E-state index contributed by atoms with van der Waals surface area (Å²) in [4.78, 5) is 2.30. The molecule has 0 radical (unpaired) electrons. The van der Waals surface area contributed by atoms with E-state index in [4.69, 9.17) is 9.15 Å². The number of ether oxygens (including phenoxy) is 1. The van der Waals surface area contributed by atoms with Crippen molar-refractivity contribution >= 4 is 0 Å². The molecule has 0 unspecified atom stereocenters. The molecule has 1 fully saturated rings. The first kappa shape index (κ1) is 20.9. The molecule has 0 spiro atoms. The van der Waals surface area contributed by atoms with Gasteiger partial charge >= 0.3 is 0 Å². The minimum atomic E-state index is -0.487. The van der Waals surface area contributed by atoms with Gasteiger partial charge in [0.15, 0.2) is 0 Å². The highest BCUT2D eigenvalue weighted by atomic mass is 16.5. The molecule has 2 N–H and O–H groups in total. The first-order valence-corrected chi connectivity index (χ1v) is 10.5. The molecule has 1 aliphatic carbocycles. The van der Waals surface area contributed by atoms with E-state index in [9.17, 15) is 5.11 Å². The summed E-state index contributed by atoms with van der Waals surface area (Å²) in [5, 5.41) is 13.8. The van der Waals surface area contributed by atoms with Crippen LogP contribution in [0, 0.1) is 6.92 Å².